The molecule has 0 saturated carbocycles. The van der Waals surface area contributed by atoms with Crippen molar-refractivity contribution in [2.24, 2.45) is 0 Å². The molecule has 0 aliphatic heterocycles. The topological polar surface area (TPSA) is 100 Å². The van der Waals surface area contributed by atoms with Gasteiger partial charge in [-0.25, -0.2) is 0 Å². The normalized spacial score (nSPS) is 9.90. The molecule has 1 heterocycles. The summed E-state index contributed by atoms with van der Waals surface area (Å²) in [6.07, 6.45) is 2.40. The summed E-state index contributed by atoms with van der Waals surface area (Å²) in [5.74, 6) is -0.295. The first-order valence-electron chi connectivity index (χ1n) is 6.68. The average molecular weight is 308 g/mol. The van der Waals surface area contributed by atoms with Crippen LogP contribution in [-0.2, 0) is 4.74 Å². The molecule has 4 N–H and O–H groups in total. The van der Waals surface area contributed by atoms with Gasteiger partial charge in [-0.15, -0.1) is 17.9 Å². The van der Waals surface area contributed by atoms with Crippen LogP contribution < -0.4 is 16.4 Å². The van der Waals surface area contributed by atoms with Gasteiger partial charge in [0.05, 0.1) is 5.69 Å². The number of nitrogens with one attached hydrogen (secondary N) is 2. The first-order valence-corrected chi connectivity index (χ1v) is 7.50. The van der Waals surface area contributed by atoms with Crippen LogP contribution in [0, 0.1) is 11.3 Å². The fraction of sp³-hybridized carbons (Fsp3) is 0.429. The second-order valence-corrected chi connectivity index (χ2v) is 5.16. The first-order chi connectivity index (χ1) is 10.2. The molecule has 0 aliphatic rings. The molecule has 21 heavy (non-hydrogen) atoms. The summed E-state index contributed by atoms with van der Waals surface area (Å²) in [4.78, 5) is 12.3. The monoisotopic (exact) mass is 308 g/mol. The third-order valence-electron chi connectivity index (χ3n) is 2.63. The van der Waals surface area contributed by atoms with E-state index in [-0.39, 0.29) is 11.6 Å². The molecule has 114 valence electrons. The summed E-state index contributed by atoms with van der Waals surface area (Å²) in [5, 5.41) is 15.6. The van der Waals surface area contributed by atoms with Crippen molar-refractivity contribution in [1.29, 1.82) is 5.26 Å². The number of carbonyl (C=O) groups is 1. The van der Waals surface area contributed by atoms with Crippen molar-refractivity contribution in [1.82, 2.24) is 5.32 Å². The van der Waals surface area contributed by atoms with Crippen LogP contribution >= 0.6 is 11.3 Å². The number of nitrogen functional groups attached to an aromatic ring is 1. The van der Waals surface area contributed by atoms with Crippen LogP contribution in [0.2, 0.25) is 0 Å². The average Bonchev–Trinajstić information content (AvgIpc) is 2.80. The number of rotatable bonds is 9. The van der Waals surface area contributed by atoms with E-state index < -0.39 is 0 Å². The zero-order valence-corrected chi connectivity index (χ0v) is 12.9. The van der Waals surface area contributed by atoms with E-state index in [1.54, 1.807) is 6.08 Å². The molecule has 0 aromatic carbocycles. The minimum atomic E-state index is -0.295. The van der Waals surface area contributed by atoms with Crippen molar-refractivity contribution >= 4 is 27.9 Å². The minimum absolute atomic E-state index is 0.219. The Morgan fingerprint density at radius 2 is 2.38 bits per heavy atom. The second-order valence-electron chi connectivity index (χ2n) is 4.14. The molecule has 0 saturated heterocycles. The molecular formula is C14H20N4O2S. The molecule has 0 unspecified atom stereocenters. The van der Waals surface area contributed by atoms with Crippen LogP contribution in [0.25, 0.3) is 0 Å². The van der Waals surface area contributed by atoms with Crippen LogP contribution in [0.1, 0.15) is 28.6 Å². The van der Waals surface area contributed by atoms with Gasteiger partial charge < -0.3 is 21.1 Å². The highest BCUT2D eigenvalue weighted by Gasteiger charge is 2.20. The molecule has 1 amide bonds. The van der Waals surface area contributed by atoms with Crippen molar-refractivity contribution < 1.29 is 9.53 Å². The minimum Gasteiger partial charge on any atom is -0.396 e. The molecule has 7 heteroatoms. The lowest BCUT2D eigenvalue weighted by molar-refractivity contribution is 0.0963. The van der Waals surface area contributed by atoms with Crippen molar-refractivity contribution in [3.8, 4) is 6.07 Å². The van der Waals surface area contributed by atoms with Gasteiger partial charge in [0.15, 0.2) is 0 Å². The van der Waals surface area contributed by atoms with Crippen LogP contribution in [0.4, 0.5) is 10.7 Å². The lowest BCUT2D eigenvalue weighted by atomic mass is 10.2. The highest BCUT2D eigenvalue weighted by atomic mass is 32.1. The summed E-state index contributed by atoms with van der Waals surface area (Å²) in [6.45, 7) is 7.82. The number of ether oxygens (including phenoxy) is 1. The highest BCUT2D eigenvalue weighted by Crippen LogP contribution is 2.35. The van der Waals surface area contributed by atoms with Crippen LogP contribution in [-0.4, -0.2) is 32.2 Å². The third kappa shape index (κ3) is 4.77. The molecule has 1 rings (SSSR count). The number of amides is 1. The Balaban J connectivity index is 2.74. The Morgan fingerprint density at radius 3 is 3.00 bits per heavy atom. The fourth-order valence-corrected chi connectivity index (χ4v) is 2.63. The molecule has 1 aromatic heterocycles. The molecule has 0 aliphatic carbocycles. The molecule has 0 atom stereocenters. The molecule has 0 spiro atoms. The van der Waals surface area contributed by atoms with Crippen LogP contribution in [0.5, 0.6) is 0 Å². The summed E-state index contributed by atoms with van der Waals surface area (Å²) >= 11 is 1.19. The van der Waals surface area contributed by atoms with Crippen molar-refractivity contribution in [2.45, 2.75) is 13.3 Å². The van der Waals surface area contributed by atoms with Crippen LogP contribution in [0.15, 0.2) is 12.7 Å². The van der Waals surface area contributed by atoms with Gasteiger partial charge in [0.25, 0.3) is 5.91 Å². The maximum absolute atomic E-state index is 11.9. The van der Waals surface area contributed by atoms with Crippen molar-refractivity contribution in [3.63, 3.8) is 0 Å². The molecule has 1 aromatic rings. The summed E-state index contributed by atoms with van der Waals surface area (Å²) < 4.78 is 5.24. The van der Waals surface area contributed by atoms with E-state index in [0.717, 1.165) is 6.42 Å². The maximum atomic E-state index is 11.9. The van der Waals surface area contributed by atoms with Gasteiger partial charge in [0.2, 0.25) is 0 Å². The zero-order valence-electron chi connectivity index (χ0n) is 12.1. The molecule has 0 fully saturated rings. The van der Waals surface area contributed by atoms with E-state index in [2.05, 4.69) is 17.2 Å². The van der Waals surface area contributed by atoms with Gasteiger partial charge in [0, 0.05) is 26.3 Å². The Labute approximate surface area is 128 Å². The zero-order chi connectivity index (χ0) is 15.7. The van der Waals surface area contributed by atoms with E-state index in [4.69, 9.17) is 10.5 Å². The van der Waals surface area contributed by atoms with Gasteiger partial charge in [-0.05, 0) is 13.3 Å². The number of hydrogen-bond donors (Lipinski definition) is 3. The largest absolute Gasteiger partial charge is 0.396 e. The van der Waals surface area contributed by atoms with Gasteiger partial charge in [-0.1, -0.05) is 6.08 Å². The Hall–Kier alpha value is -2.04. The van der Waals surface area contributed by atoms with Crippen molar-refractivity contribution in [3.05, 3.63) is 23.1 Å². The first kappa shape index (κ1) is 17.0. The maximum Gasteiger partial charge on any atom is 0.263 e. The SMILES string of the molecule is C=CCNC(=O)c1sc(NCCCOCC)c(C#N)c1N. The van der Waals surface area contributed by atoms with Gasteiger partial charge >= 0.3 is 0 Å². The Morgan fingerprint density at radius 1 is 1.62 bits per heavy atom. The van der Waals surface area contributed by atoms with E-state index in [9.17, 15) is 10.1 Å². The fourth-order valence-electron chi connectivity index (χ4n) is 1.61. The Bertz CT molecular complexity index is 534. The lowest BCUT2D eigenvalue weighted by Crippen LogP contribution is -2.23. The quantitative estimate of drug-likeness (QED) is 0.478. The summed E-state index contributed by atoms with van der Waals surface area (Å²) in [5.41, 5.74) is 6.41. The predicted molar refractivity (Wildman–Crippen MR) is 85.6 cm³/mol. The number of hydrogen-bond acceptors (Lipinski definition) is 6. The molecule has 0 bridgehead atoms. The van der Waals surface area contributed by atoms with E-state index in [1.165, 1.54) is 11.3 Å². The number of nitrogens with zero attached hydrogens (tertiary/aromatic N) is 1. The number of anilines is 2. The summed E-state index contributed by atoms with van der Waals surface area (Å²) in [7, 11) is 0. The van der Waals surface area contributed by atoms with Gasteiger partial charge in [0.1, 0.15) is 21.5 Å². The van der Waals surface area contributed by atoms with Gasteiger partial charge in [-0.2, -0.15) is 5.26 Å². The predicted octanol–water partition coefficient (Wildman–Crippen LogP) is 1.96. The molecule has 6 nitrogen and oxygen atoms in total. The third-order valence-corrected chi connectivity index (χ3v) is 3.79. The summed E-state index contributed by atoms with van der Waals surface area (Å²) in [6, 6.07) is 2.04. The van der Waals surface area contributed by atoms with E-state index in [1.807, 2.05) is 13.0 Å². The second kappa shape index (κ2) is 9.00. The van der Waals surface area contributed by atoms with Crippen molar-refractivity contribution in [2.75, 3.05) is 37.4 Å². The molecule has 0 radical (unpaired) electrons. The Kier molecular flexibility index (Phi) is 7.29. The van der Waals surface area contributed by atoms with E-state index >= 15 is 0 Å². The van der Waals surface area contributed by atoms with E-state index in [0.29, 0.717) is 41.7 Å². The number of carbonyl (C=O) groups excluding carboxylic acids is 1. The number of nitriles is 1. The highest BCUT2D eigenvalue weighted by molar-refractivity contribution is 7.18. The van der Waals surface area contributed by atoms with Gasteiger partial charge in [-0.3, -0.25) is 4.79 Å². The standard InChI is InChI=1S/C14H20N4O2S/c1-3-6-17-13(19)12-11(16)10(9-15)14(21-12)18-7-5-8-20-4-2/h3,18H,1,4-8,16H2,2H3,(H,17,19). The lowest BCUT2D eigenvalue weighted by Gasteiger charge is -2.04. The number of thiophene rings is 1. The number of nitrogens with two attached hydrogens (primary N) is 1. The molecular weight excluding hydrogens is 288 g/mol. The van der Waals surface area contributed by atoms with Crippen LogP contribution in [0.3, 0.4) is 0 Å². The smallest absolute Gasteiger partial charge is 0.263 e.